The molecule has 1 unspecified atom stereocenters. The van der Waals surface area contributed by atoms with Crippen molar-refractivity contribution in [2.45, 2.75) is 65.1 Å². The molecule has 1 amide bonds. The Morgan fingerprint density at radius 2 is 1.92 bits per heavy atom. The maximum atomic E-state index is 12.4. The van der Waals surface area contributed by atoms with Crippen molar-refractivity contribution in [3.05, 3.63) is 0 Å². The lowest BCUT2D eigenvalue weighted by Crippen LogP contribution is -2.42. The van der Waals surface area contributed by atoms with Gasteiger partial charge in [0.25, 0.3) is 0 Å². The molecule has 1 aliphatic heterocycles. The molecule has 0 N–H and O–H groups in total. The van der Waals surface area contributed by atoms with Crippen LogP contribution in [0.5, 0.6) is 0 Å². The van der Waals surface area contributed by atoms with Crippen LogP contribution in [0.3, 0.4) is 0 Å². The highest BCUT2D eigenvalue weighted by Crippen LogP contribution is 2.34. The molecular weight excluding hydrogens is 310 g/mol. The number of amides is 1. The van der Waals surface area contributed by atoms with Gasteiger partial charge in [-0.3, -0.25) is 0 Å². The van der Waals surface area contributed by atoms with Gasteiger partial charge in [-0.25, -0.2) is 9.59 Å². The molecule has 2 rings (SSSR count). The lowest BCUT2D eigenvalue weighted by Gasteiger charge is -2.31. The molecule has 1 aliphatic carbocycles. The minimum Gasteiger partial charge on any atom is -0.464 e. The fourth-order valence-corrected chi connectivity index (χ4v) is 3.59. The predicted octanol–water partition coefficient (Wildman–Crippen LogP) is 2.99. The molecule has 1 heterocycles. The molecule has 0 aromatic carbocycles. The van der Waals surface area contributed by atoms with E-state index in [4.69, 9.17) is 14.2 Å². The van der Waals surface area contributed by atoms with E-state index >= 15 is 0 Å². The summed E-state index contributed by atoms with van der Waals surface area (Å²) in [6.45, 7) is 9.15. The van der Waals surface area contributed by atoms with E-state index in [0.717, 1.165) is 25.7 Å². The largest absolute Gasteiger partial charge is 0.464 e. The van der Waals surface area contributed by atoms with Gasteiger partial charge in [-0.15, -0.1) is 0 Å². The first-order chi connectivity index (χ1) is 11.3. The summed E-state index contributed by atoms with van der Waals surface area (Å²) in [6.07, 6.45) is 3.91. The predicted molar refractivity (Wildman–Crippen MR) is 89.6 cm³/mol. The van der Waals surface area contributed by atoms with E-state index in [1.54, 1.807) is 6.92 Å². The fraction of sp³-hybridized carbons (Fsp3) is 0.889. The van der Waals surface area contributed by atoms with Crippen LogP contribution < -0.4 is 0 Å². The fourth-order valence-electron chi connectivity index (χ4n) is 3.59. The number of fused-ring (bicyclic) bond motifs is 3. The van der Waals surface area contributed by atoms with Crippen LogP contribution in [0.25, 0.3) is 0 Å². The number of hydrogen-bond acceptors (Lipinski definition) is 5. The molecule has 1 saturated heterocycles. The summed E-state index contributed by atoms with van der Waals surface area (Å²) in [7, 11) is 0. The van der Waals surface area contributed by atoms with Crippen molar-refractivity contribution in [1.82, 2.24) is 4.90 Å². The lowest BCUT2D eigenvalue weighted by atomic mass is 9.97. The maximum absolute atomic E-state index is 12.4. The Kier molecular flexibility index (Phi) is 6.49. The van der Waals surface area contributed by atoms with Crippen molar-refractivity contribution in [3.63, 3.8) is 0 Å². The number of ether oxygens (including phenoxy) is 3. The molecule has 0 spiro atoms. The van der Waals surface area contributed by atoms with E-state index in [-0.39, 0.29) is 30.7 Å². The van der Waals surface area contributed by atoms with E-state index in [2.05, 4.69) is 0 Å². The second-order valence-electron chi connectivity index (χ2n) is 7.83. The molecule has 2 aliphatic rings. The Balaban J connectivity index is 1.98. The lowest BCUT2D eigenvalue weighted by molar-refractivity contribution is -0.152. The highest BCUT2D eigenvalue weighted by molar-refractivity contribution is 5.70. The first-order valence-electron chi connectivity index (χ1n) is 9.03. The minimum absolute atomic E-state index is 0.00579. The molecule has 6 heteroatoms. The number of carbonyl (C=O) groups is 2. The maximum Gasteiger partial charge on any atom is 0.410 e. The van der Waals surface area contributed by atoms with Gasteiger partial charge in [0.05, 0.1) is 12.7 Å². The average molecular weight is 341 g/mol. The SMILES string of the molecule is CCOC(=O)CO[C@H]1C[C@@H]2CCCC1CN(C(=O)OC(C)(C)C)C2. The first kappa shape index (κ1) is 19.0. The van der Waals surface area contributed by atoms with E-state index in [1.165, 1.54) is 0 Å². The summed E-state index contributed by atoms with van der Waals surface area (Å²) < 4.78 is 16.3. The molecule has 2 bridgehead atoms. The van der Waals surface area contributed by atoms with Gasteiger partial charge in [0.2, 0.25) is 0 Å². The van der Waals surface area contributed by atoms with Crippen LogP contribution in [0, 0.1) is 11.8 Å². The molecule has 0 aromatic rings. The highest BCUT2D eigenvalue weighted by atomic mass is 16.6. The van der Waals surface area contributed by atoms with Gasteiger partial charge in [0.1, 0.15) is 12.2 Å². The Labute approximate surface area is 144 Å². The second-order valence-corrected chi connectivity index (χ2v) is 7.83. The van der Waals surface area contributed by atoms with Crippen molar-refractivity contribution in [2.24, 2.45) is 11.8 Å². The molecule has 3 atom stereocenters. The van der Waals surface area contributed by atoms with Crippen molar-refractivity contribution < 1.29 is 23.8 Å². The number of likely N-dealkylation sites (tertiary alicyclic amines) is 1. The van der Waals surface area contributed by atoms with Crippen molar-refractivity contribution in [3.8, 4) is 0 Å². The number of carbonyl (C=O) groups excluding carboxylic acids is 2. The topological polar surface area (TPSA) is 65.1 Å². The van der Waals surface area contributed by atoms with E-state index < -0.39 is 5.60 Å². The highest BCUT2D eigenvalue weighted by Gasteiger charge is 2.38. The zero-order chi connectivity index (χ0) is 17.7. The van der Waals surface area contributed by atoms with Gasteiger partial charge >= 0.3 is 12.1 Å². The van der Waals surface area contributed by atoms with Gasteiger partial charge in [-0.1, -0.05) is 6.42 Å². The van der Waals surface area contributed by atoms with E-state index in [9.17, 15) is 9.59 Å². The van der Waals surface area contributed by atoms with E-state index in [0.29, 0.717) is 25.6 Å². The van der Waals surface area contributed by atoms with Crippen LogP contribution in [0.2, 0.25) is 0 Å². The van der Waals surface area contributed by atoms with Crippen molar-refractivity contribution in [1.29, 1.82) is 0 Å². The Morgan fingerprint density at radius 3 is 2.58 bits per heavy atom. The normalized spacial score (nSPS) is 27.3. The quantitative estimate of drug-likeness (QED) is 0.736. The zero-order valence-electron chi connectivity index (χ0n) is 15.4. The van der Waals surface area contributed by atoms with Crippen molar-refractivity contribution >= 4 is 12.1 Å². The molecule has 0 aromatic heterocycles. The molecule has 1 saturated carbocycles. The zero-order valence-corrected chi connectivity index (χ0v) is 15.4. The Bertz CT molecular complexity index is 445. The number of hydrogen-bond donors (Lipinski definition) is 0. The van der Waals surface area contributed by atoms with Gasteiger partial charge in [0.15, 0.2) is 0 Å². The number of nitrogens with zero attached hydrogens (tertiary/aromatic N) is 1. The Morgan fingerprint density at radius 1 is 1.17 bits per heavy atom. The summed E-state index contributed by atoms with van der Waals surface area (Å²) in [5, 5.41) is 0. The van der Waals surface area contributed by atoms with Crippen LogP contribution in [0.1, 0.15) is 53.4 Å². The molecule has 6 nitrogen and oxygen atoms in total. The summed E-state index contributed by atoms with van der Waals surface area (Å²) in [6, 6.07) is 0. The molecule has 0 radical (unpaired) electrons. The van der Waals surface area contributed by atoms with E-state index in [1.807, 2.05) is 25.7 Å². The Hall–Kier alpha value is -1.30. The third kappa shape index (κ3) is 5.65. The third-order valence-electron chi connectivity index (χ3n) is 4.58. The van der Waals surface area contributed by atoms with Crippen LogP contribution in [0.15, 0.2) is 0 Å². The summed E-state index contributed by atoms with van der Waals surface area (Å²) in [5.74, 6) is 0.331. The summed E-state index contributed by atoms with van der Waals surface area (Å²) in [5.41, 5.74) is -0.488. The molecule has 24 heavy (non-hydrogen) atoms. The van der Waals surface area contributed by atoms with Gasteiger partial charge in [0, 0.05) is 19.0 Å². The van der Waals surface area contributed by atoms with Crippen LogP contribution in [0.4, 0.5) is 4.79 Å². The standard InChI is InChI=1S/C18H31NO5/c1-5-22-16(20)12-23-15-9-13-7-6-8-14(15)11-19(10-13)17(21)24-18(2,3)4/h13-15H,5-12H2,1-4H3/t13-,14?,15-/m0/s1. The average Bonchev–Trinajstić information content (AvgIpc) is 2.73. The van der Waals surface area contributed by atoms with Gasteiger partial charge in [-0.05, 0) is 52.9 Å². The summed E-state index contributed by atoms with van der Waals surface area (Å²) in [4.78, 5) is 25.8. The number of rotatable bonds is 4. The smallest absolute Gasteiger partial charge is 0.410 e. The number of esters is 1. The molecular formula is C18H31NO5. The van der Waals surface area contributed by atoms with Crippen molar-refractivity contribution in [2.75, 3.05) is 26.3 Å². The van der Waals surface area contributed by atoms with Crippen LogP contribution >= 0.6 is 0 Å². The third-order valence-corrected chi connectivity index (χ3v) is 4.58. The molecule has 2 fully saturated rings. The van der Waals surface area contributed by atoms with Crippen LogP contribution in [-0.4, -0.2) is 55.0 Å². The molecule has 138 valence electrons. The van der Waals surface area contributed by atoms with Gasteiger partial charge < -0.3 is 19.1 Å². The monoisotopic (exact) mass is 341 g/mol. The minimum atomic E-state index is -0.488. The van der Waals surface area contributed by atoms with Crippen LogP contribution in [-0.2, 0) is 19.0 Å². The van der Waals surface area contributed by atoms with Gasteiger partial charge in [-0.2, -0.15) is 0 Å². The first-order valence-corrected chi connectivity index (χ1v) is 9.03. The second kappa shape index (κ2) is 8.19. The summed E-state index contributed by atoms with van der Waals surface area (Å²) >= 11 is 0.